The number of aliphatic imine (C=N–C) groups is 1. The third kappa shape index (κ3) is 6.58. The van der Waals surface area contributed by atoms with Gasteiger partial charge < -0.3 is 5.32 Å². The van der Waals surface area contributed by atoms with Gasteiger partial charge >= 0.3 is 0 Å². The van der Waals surface area contributed by atoms with Gasteiger partial charge in [-0.2, -0.15) is 0 Å². The van der Waals surface area contributed by atoms with Crippen molar-refractivity contribution in [3.8, 4) is 0 Å². The molecule has 0 spiro atoms. The van der Waals surface area contributed by atoms with Gasteiger partial charge in [-0.1, -0.05) is 13.2 Å². The molecule has 0 unspecified atom stereocenters. The van der Waals surface area contributed by atoms with Crippen LogP contribution >= 0.6 is 0 Å². The lowest BCUT2D eigenvalue weighted by molar-refractivity contribution is 1.22. The molecular weight excluding hydrogens is 136 g/mol. The van der Waals surface area contributed by atoms with Gasteiger partial charge in [-0.3, -0.25) is 4.99 Å². The van der Waals surface area contributed by atoms with E-state index in [9.17, 15) is 0 Å². The van der Waals surface area contributed by atoms with Gasteiger partial charge in [0.25, 0.3) is 0 Å². The number of nitrogens with zero attached hydrogens (tertiary/aromatic N) is 1. The first-order valence-electron chi connectivity index (χ1n) is 3.22. The summed E-state index contributed by atoms with van der Waals surface area (Å²) in [4.78, 5) is 3.91. The molecule has 0 saturated heterocycles. The highest BCUT2D eigenvalue weighted by Crippen LogP contribution is 1.87. The zero-order valence-corrected chi connectivity index (χ0v) is 7.35. The first-order chi connectivity index (χ1) is 5.22. The molecule has 0 aliphatic heterocycles. The largest absolute Gasteiger partial charge is 0.347 e. The van der Waals surface area contributed by atoms with E-state index < -0.39 is 0 Å². The second-order valence-electron chi connectivity index (χ2n) is 1.70. The number of rotatable bonds is 2. The van der Waals surface area contributed by atoms with Gasteiger partial charge in [0.15, 0.2) is 0 Å². The minimum Gasteiger partial charge on any atom is -0.347 e. The van der Waals surface area contributed by atoms with E-state index >= 15 is 0 Å². The van der Waals surface area contributed by atoms with E-state index in [1.807, 2.05) is 6.92 Å². The highest BCUT2D eigenvalue weighted by Gasteiger charge is 1.91. The molecule has 0 aromatic rings. The Hall–Kier alpha value is -1.31. The fraction of sp³-hybridized carbons (Fsp3) is 0.222. The molecule has 2 heteroatoms. The molecule has 0 bridgehead atoms. The van der Waals surface area contributed by atoms with Crippen LogP contribution in [0.2, 0.25) is 0 Å². The first kappa shape index (κ1) is 12.4. The molecule has 2 nitrogen and oxygen atoms in total. The normalized spacial score (nSPS) is 9.09. The van der Waals surface area contributed by atoms with Gasteiger partial charge in [-0.05, 0) is 18.7 Å². The van der Waals surface area contributed by atoms with Crippen LogP contribution in [0, 0.1) is 0 Å². The minimum absolute atomic E-state index is 0.782. The van der Waals surface area contributed by atoms with E-state index in [2.05, 4.69) is 36.6 Å². The van der Waals surface area contributed by atoms with Crippen molar-refractivity contribution in [2.75, 3.05) is 7.05 Å². The van der Waals surface area contributed by atoms with Crippen LogP contribution < -0.4 is 5.32 Å². The molecule has 0 aliphatic rings. The lowest BCUT2D eigenvalue weighted by Gasteiger charge is -2.01. The molecule has 0 aliphatic carbocycles. The Morgan fingerprint density at radius 3 is 2.00 bits per heavy atom. The number of amidine groups is 1. The van der Waals surface area contributed by atoms with E-state index in [1.54, 1.807) is 13.2 Å². The molecule has 0 atom stereocenters. The molecule has 62 valence electrons. The topological polar surface area (TPSA) is 24.4 Å². The van der Waals surface area contributed by atoms with E-state index in [-0.39, 0.29) is 0 Å². The van der Waals surface area contributed by atoms with Crippen LogP contribution in [0.15, 0.2) is 43.1 Å². The number of hydrogen-bond donors (Lipinski definition) is 1. The molecule has 1 N–H and O–H groups in total. The molecule has 0 aromatic heterocycles. The van der Waals surface area contributed by atoms with Crippen LogP contribution in [0.25, 0.3) is 0 Å². The van der Waals surface area contributed by atoms with Crippen LogP contribution in [-0.2, 0) is 0 Å². The zero-order chi connectivity index (χ0) is 9.28. The number of nitrogens with one attached hydrogen (secondary N) is 1. The van der Waals surface area contributed by atoms with Crippen molar-refractivity contribution in [1.29, 1.82) is 0 Å². The maximum Gasteiger partial charge on any atom is 0.126 e. The predicted molar refractivity (Wildman–Crippen MR) is 52.8 cm³/mol. The zero-order valence-electron chi connectivity index (χ0n) is 7.35. The Labute approximate surface area is 69.0 Å². The summed E-state index contributed by atoms with van der Waals surface area (Å²) in [7, 11) is 1.71. The standard InChI is InChI=1S/C7H12N2.C2H4/c1-5-9-7(8-4)6(2)3;1-2/h5H,1-2H2,3-4H3,(H,8,9);1-2H2. The maximum absolute atomic E-state index is 3.91. The molecule has 0 rings (SSSR count). The average molecular weight is 152 g/mol. The molecule has 0 fully saturated rings. The maximum atomic E-state index is 3.91. The molecule has 0 aromatic carbocycles. The van der Waals surface area contributed by atoms with E-state index in [1.165, 1.54) is 0 Å². The van der Waals surface area contributed by atoms with Crippen LogP contribution in [0.1, 0.15) is 6.92 Å². The van der Waals surface area contributed by atoms with Crippen LogP contribution in [-0.4, -0.2) is 12.9 Å². The third-order valence-corrected chi connectivity index (χ3v) is 0.867. The van der Waals surface area contributed by atoms with Gasteiger partial charge in [0, 0.05) is 7.05 Å². The second-order valence-corrected chi connectivity index (χ2v) is 1.70. The first-order valence-corrected chi connectivity index (χ1v) is 3.22. The van der Waals surface area contributed by atoms with E-state index in [0.717, 1.165) is 11.4 Å². The van der Waals surface area contributed by atoms with Gasteiger partial charge in [0.05, 0.1) is 0 Å². The Kier molecular flexibility index (Phi) is 9.78. The van der Waals surface area contributed by atoms with Gasteiger partial charge in [0.2, 0.25) is 0 Å². The summed E-state index contributed by atoms with van der Waals surface area (Å²) in [5.74, 6) is 0.782. The summed E-state index contributed by atoms with van der Waals surface area (Å²) in [5.41, 5.74) is 0.914. The monoisotopic (exact) mass is 152 g/mol. The van der Waals surface area contributed by atoms with Crippen molar-refractivity contribution >= 4 is 5.84 Å². The van der Waals surface area contributed by atoms with Gasteiger partial charge in [-0.25, -0.2) is 0 Å². The van der Waals surface area contributed by atoms with Gasteiger partial charge in [0.1, 0.15) is 5.84 Å². The third-order valence-electron chi connectivity index (χ3n) is 0.867. The van der Waals surface area contributed by atoms with Crippen molar-refractivity contribution in [2.24, 2.45) is 4.99 Å². The molecule has 0 radical (unpaired) electrons. The van der Waals surface area contributed by atoms with Crippen molar-refractivity contribution < 1.29 is 0 Å². The summed E-state index contributed by atoms with van der Waals surface area (Å²) < 4.78 is 0. The number of hydrogen-bond acceptors (Lipinski definition) is 1. The molecule has 0 heterocycles. The second kappa shape index (κ2) is 8.69. The summed E-state index contributed by atoms with van der Waals surface area (Å²) in [5, 5.41) is 2.85. The summed E-state index contributed by atoms with van der Waals surface area (Å²) in [6, 6.07) is 0. The molecule has 11 heavy (non-hydrogen) atoms. The fourth-order valence-corrected chi connectivity index (χ4v) is 0.475. The Balaban J connectivity index is 0. The molecule has 0 amide bonds. The predicted octanol–water partition coefficient (Wildman–Crippen LogP) is 2.13. The Morgan fingerprint density at radius 1 is 1.45 bits per heavy atom. The van der Waals surface area contributed by atoms with Crippen molar-refractivity contribution in [3.63, 3.8) is 0 Å². The smallest absolute Gasteiger partial charge is 0.126 e. The molecular formula is C9H16N2. The summed E-state index contributed by atoms with van der Waals surface area (Å²) in [6.45, 7) is 15.1. The SMILES string of the molecule is C=C.C=CNC(=NC)C(=C)C. The van der Waals surface area contributed by atoms with Crippen molar-refractivity contribution in [2.45, 2.75) is 6.92 Å². The van der Waals surface area contributed by atoms with E-state index in [0.29, 0.717) is 0 Å². The minimum atomic E-state index is 0.782. The van der Waals surface area contributed by atoms with Crippen molar-refractivity contribution in [1.82, 2.24) is 5.32 Å². The average Bonchev–Trinajstić information content (AvgIpc) is 2.03. The lowest BCUT2D eigenvalue weighted by Crippen LogP contribution is -2.17. The molecule has 0 saturated carbocycles. The highest BCUT2D eigenvalue weighted by molar-refractivity contribution is 5.97. The Morgan fingerprint density at radius 2 is 1.91 bits per heavy atom. The van der Waals surface area contributed by atoms with Crippen LogP contribution in [0.4, 0.5) is 0 Å². The quantitative estimate of drug-likeness (QED) is 0.366. The fourth-order valence-electron chi connectivity index (χ4n) is 0.475. The summed E-state index contributed by atoms with van der Waals surface area (Å²) in [6.07, 6.45) is 1.58. The van der Waals surface area contributed by atoms with Crippen LogP contribution in [0.3, 0.4) is 0 Å². The lowest BCUT2D eigenvalue weighted by atomic mass is 10.3. The summed E-state index contributed by atoms with van der Waals surface area (Å²) >= 11 is 0. The van der Waals surface area contributed by atoms with Crippen LogP contribution in [0.5, 0.6) is 0 Å². The van der Waals surface area contributed by atoms with E-state index in [4.69, 9.17) is 0 Å². The Bertz CT molecular complexity index is 157. The highest BCUT2D eigenvalue weighted by atomic mass is 15.0. The van der Waals surface area contributed by atoms with Gasteiger partial charge in [-0.15, -0.1) is 13.2 Å². The van der Waals surface area contributed by atoms with Crippen molar-refractivity contribution in [3.05, 3.63) is 38.1 Å².